The third-order valence-corrected chi connectivity index (χ3v) is 3.86. The van der Waals surface area contributed by atoms with Crippen LogP contribution in [0.2, 0.25) is 0 Å². The van der Waals surface area contributed by atoms with Crippen LogP contribution < -0.4 is 0 Å². The number of rotatable bonds is 7. The molecule has 0 heterocycles. The van der Waals surface area contributed by atoms with E-state index >= 15 is 0 Å². The summed E-state index contributed by atoms with van der Waals surface area (Å²) in [5.74, 6) is -3.99. The number of unbranched alkanes of at least 4 members (excludes halogenated alkanes) is 1. The first kappa shape index (κ1) is 18.5. The zero-order chi connectivity index (χ0) is 17.0. The summed E-state index contributed by atoms with van der Waals surface area (Å²) in [5, 5.41) is 19.1. The van der Waals surface area contributed by atoms with Crippen molar-refractivity contribution in [2.45, 2.75) is 45.4 Å². The van der Waals surface area contributed by atoms with Gasteiger partial charge in [-0.3, -0.25) is 4.79 Å². The van der Waals surface area contributed by atoms with E-state index in [1.807, 2.05) is 0 Å². The van der Waals surface area contributed by atoms with Crippen molar-refractivity contribution in [3.05, 3.63) is 24.0 Å². The second-order valence-electron chi connectivity index (χ2n) is 5.28. The van der Waals surface area contributed by atoms with Crippen LogP contribution in [0.15, 0.2) is 24.0 Å². The van der Waals surface area contributed by atoms with Gasteiger partial charge >= 0.3 is 12.1 Å². The molecule has 0 aromatic heterocycles. The Morgan fingerprint density at radius 3 is 2.55 bits per heavy atom. The quantitative estimate of drug-likeness (QED) is 0.747. The summed E-state index contributed by atoms with van der Waals surface area (Å²) in [6.45, 7) is 3.34. The monoisotopic (exact) mass is 322 g/mol. The highest BCUT2D eigenvalue weighted by Gasteiger charge is 2.60. The second kappa shape index (κ2) is 7.17. The molecule has 0 aromatic rings. The Morgan fingerprint density at radius 2 is 2.09 bits per heavy atom. The molecular weight excluding hydrogens is 301 g/mol. The Labute approximate surface area is 127 Å². The maximum absolute atomic E-state index is 13.5. The van der Waals surface area contributed by atoms with Crippen molar-refractivity contribution in [3.8, 4) is 0 Å². The number of carbonyl (C=O) groups is 1. The Kier molecular flexibility index (Phi) is 6.05. The number of halogens is 3. The Balaban J connectivity index is 3.38. The molecule has 0 aliphatic heterocycles. The Hall–Kier alpha value is -1.50. The van der Waals surface area contributed by atoms with Gasteiger partial charge in [-0.2, -0.15) is 13.2 Å². The van der Waals surface area contributed by atoms with E-state index in [9.17, 15) is 28.2 Å². The molecule has 0 saturated heterocycles. The normalized spacial score (nSPS) is 26.6. The van der Waals surface area contributed by atoms with Crippen LogP contribution in [-0.2, 0) is 9.53 Å². The van der Waals surface area contributed by atoms with Crippen molar-refractivity contribution in [3.63, 3.8) is 0 Å². The number of ether oxygens (including phenoxy) is 1. The molecule has 0 spiro atoms. The summed E-state index contributed by atoms with van der Waals surface area (Å²) in [6, 6.07) is 0. The van der Waals surface area contributed by atoms with Crippen molar-refractivity contribution in [2.75, 3.05) is 6.61 Å². The van der Waals surface area contributed by atoms with Gasteiger partial charge in [0.05, 0.1) is 12.0 Å². The predicted molar refractivity (Wildman–Crippen MR) is 74.4 cm³/mol. The molecule has 1 rings (SSSR count). The van der Waals surface area contributed by atoms with Crippen LogP contribution >= 0.6 is 0 Å². The molecule has 0 saturated carbocycles. The molecule has 3 unspecified atom stereocenters. The third kappa shape index (κ3) is 3.63. The minimum absolute atomic E-state index is 0.0374. The zero-order valence-electron chi connectivity index (χ0n) is 12.6. The number of aliphatic hydroxyl groups excluding tert-OH is 1. The number of aliphatic carboxylic acids is 1. The van der Waals surface area contributed by atoms with Gasteiger partial charge in [-0.1, -0.05) is 25.8 Å². The van der Waals surface area contributed by atoms with E-state index < -0.39 is 29.6 Å². The highest BCUT2D eigenvalue weighted by molar-refractivity contribution is 5.80. The van der Waals surface area contributed by atoms with E-state index in [4.69, 9.17) is 4.74 Å². The summed E-state index contributed by atoms with van der Waals surface area (Å²) in [7, 11) is 0. The van der Waals surface area contributed by atoms with Crippen LogP contribution in [0.5, 0.6) is 0 Å². The van der Waals surface area contributed by atoms with Crippen molar-refractivity contribution in [2.24, 2.45) is 11.3 Å². The maximum Gasteiger partial charge on any atom is 0.393 e. The minimum atomic E-state index is -4.69. The van der Waals surface area contributed by atoms with Gasteiger partial charge in [0, 0.05) is 6.61 Å². The maximum atomic E-state index is 13.5. The van der Waals surface area contributed by atoms with Gasteiger partial charge in [0.15, 0.2) is 0 Å². The average Bonchev–Trinajstić information content (AvgIpc) is 2.40. The number of hydrogen-bond donors (Lipinski definition) is 2. The van der Waals surface area contributed by atoms with Gasteiger partial charge in [0.2, 0.25) is 0 Å². The van der Waals surface area contributed by atoms with E-state index in [2.05, 4.69) is 0 Å². The first-order chi connectivity index (χ1) is 10.2. The van der Waals surface area contributed by atoms with Gasteiger partial charge < -0.3 is 14.9 Å². The molecule has 0 amide bonds. The topological polar surface area (TPSA) is 66.8 Å². The van der Waals surface area contributed by atoms with Gasteiger partial charge in [-0.05, 0) is 25.5 Å². The fourth-order valence-corrected chi connectivity index (χ4v) is 2.77. The molecule has 2 N–H and O–H groups in total. The standard InChI is InChI=1S/C15H21F3O4/c1-3-5-6-11(15(16,17)18)14(13(20)21)8-7-10(19)9-12(14)22-4-2/h7-9,11-12,19H,3-6H2,1-2H3,(H,20,21). The molecular formula is C15H21F3O4. The summed E-state index contributed by atoms with van der Waals surface area (Å²) in [4.78, 5) is 11.8. The van der Waals surface area contributed by atoms with Crippen LogP contribution in [0, 0.1) is 11.3 Å². The molecule has 0 fully saturated rings. The molecule has 1 aliphatic rings. The Bertz CT molecular complexity index is 456. The minimum Gasteiger partial charge on any atom is -0.508 e. The van der Waals surface area contributed by atoms with Crippen LogP contribution in [0.25, 0.3) is 0 Å². The number of carboxylic acids is 1. The summed E-state index contributed by atoms with van der Waals surface area (Å²) in [5.41, 5.74) is -2.27. The van der Waals surface area contributed by atoms with Gasteiger partial charge in [0.25, 0.3) is 0 Å². The van der Waals surface area contributed by atoms with Crippen LogP contribution in [0.1, 0.15) is 33.1 Å². The van der Waals surface area contributed by atoms with Crippen molar-refractivity contribution in [1.82, 2.24) is 0 Å². The molecule has 1 aliphatic carbocycles. The van der Waals surface area contributed by atoms with Crippen LogP contribution in [0.3, 0.4) is 0 Å². The summed E-state index contributed by atoms with van der Waals surface area (Å²) >= 11 is 0. The number of hydrogen-bond acceptors (Lipinski definition) is 3. The smallest absolute Gasteiger partial charge is 0.393 e. The molecule has 22 heavy (non-hydrogen) atoms. The number of allylic oxidation sites excluding steroid dienone is 1. The van der Waals surface area contributed by atoms with Crippen molar-refractivity contribution >= 4 is 5.97 Å². The zero-order valence-corrected chi connectivity index (χ0v) is 12.6. The van der Waals surface area contributed by atoms with E-state index in [1.165, 1.54) is 0 Å². The molecule has 126 valence electrons. The second-order valence-corrected chi connectivity index (χ2v) is 5.28. The lowest BCUT2D eigenvalue weighted by Crippen LogP contribution is -2.53. The highest BCUT2D eigenvalue weighted by Crippen LogP contribution is 2.49. The molecule has 0 radical (unpaired) electrons. The molecule has 0 bridgehead atoms. The lowest BCUT2D eigenvalue weighted by molar-refractivity contribution is -0.223. The molecule has 7 heteroatoms. The van der Waals surface area contributed by atoms with Gasteiger partial charge in [-0.15, -0.1) is 0 Å². The first-order valence-corrected chi connectivity index (χ1v) is 7.21. The lowest BCUT2D eigenvalue weighted by Gasteiger charge is -2.41. The number of carboxylic acid groups (broad SMARTS) is 1. The number of aliphatic hydroxyl groups is 1. The fraction of sp³-hybridized carbons (Fsp3) is 0.667. The average molecular weight is 322 g/mol. The predicted octanol–water partition coefficient (Wildman–Crippen LogP) is 3.84. The highest BCUT2D eigenvalue weighted by atomic mass is 19.4. The number of alkyl halides is 3. The molecule has 0 aromatic carbocycles. The SMILES string of the molecule is CCCCC(C(F)(F)F)C1(C(=O)O)C=CC(O)=CC1OCC. The summed E-state index contributed by atoms with van der Waals surface area (Å²) in [6.07, 6.45) is -2.66. The summed E-state index contributed by atoms with van der Waals surface area (Å²) < 4.78 is 45.7. The largest absolute Gasteiger partial charge is 0.508 e. The van der Waals surface area contributed by atoms with Gasteiger partial charge in [0.1, 0.15) is 11.2 Å². The van der Waals surface area contributed by atoms with E-state index in [1.54, 1.807) is 13.8 Å². The van der Waals surface area contributed by atoms with E-state index in [0.717, 1.165) is 18.2 Å². The van der Waals surface area contributed by atoms with Gasteiger partial charge in [-0.25, -0.2) is 0 Å². The Morgan fingerprint density at radius 1 is 1.45 bits per heavy atom. The third-order valence-electron chi connectivity index (χ3n) is 3.86. The molecule has 3 atom stereocenters. The van der Waals surface area contributed by atoms with Crippen LogP contribution in [-0.4, -0.2) is 35.1 Å². The molecule has 4 nitrogen and oxygen atoms in total. The van der Waals surface area contributed by atoms with Crippen LogP contribution in [0.4, 0.5) is 13.2 Å². The van der Waals surface area contributed by atoms with Crippen molar-refractivity contribution < 1.29 is 32.9 Å². The first-order valence-electron chi connectivity index (χ1n) is 7.21. The van der Waals surface area contributed by atoms with Crippen molar-refractivity contribution in [1.29, 1.82) is 0 Å². The van der Waals surface area contributed by atoms with E-state index in [-0.39, 0.29) is 25.2 Å². The lowest BCUT2D eigenvalue weighted by atomic mass is 9.66. The fourth-order valence-electron chi connectivity index (χ4n) is 2.77. The van der Waals surface area contributed by atoms with E-state index in [0.29, 0.717) is 6.42 Å².